The Bertz CT molecular complexity index is 844. The van der Waals surface area contributed by atoms with Crippen LogP contribution in [0.15, 0.2) is 48.7 Å². The third kappa shape index (κ3) is 3.85. The molecule has 25 heavy (non-hydrogen) atoms. The van der Waals surface area contributed by atoms with Gasteiger partial charge < -0.3 is 15.6 Å². The molecule has 3 N–H and O–H groups in total. The van der Waals surface area contributed by atoms with Gasteiger partial charge in [0.05, 0.1) is 0 Å². The van der Waals surface area contributed by atoms with Crippen LogP contribution < -0.4 is 10.6 Å². The van der Waals surface area contributed by atoms with E-state index in [1.807, 2.05) is 18.3 Å². The molecule has 0 aliphatic heterocycles. The third-order valence-electron chi connectivity index (χ3n) is 4.59. The van der Waals surface area contributed by atoms with Crippen molar-refractivity contribution < 1.29 is 4.79 Å². The molecule has 0 saturated carbocycles. The van der Waals surface area contributed by atoms with Gasteiger partial charge in [-0.15, -0.1) is 0 Å². The van der Waals surface area contributed by atoms with E-state index in [1.165, 1.54) is 22.1 Å². The van der Waals surface area contributed by atoms with Gasteiger partial charge >= 0.3 is 6.03 Å². The largest absolute Gasteiger partial charge is 0.361 e. The average molecular weight is 335 g/mol. The summed E-state index contributed by atoms with van der Waals surface area (Å²) in [4.78, 5) is 15.6. The Morgan fingerprint density at radius 1 is 0.960 bits per heavy atom. The number of aromatic nitrogens is 1. The number of hydrogen-bond donors (Lipinski definition) is 3. The highest BCUT2D eigenvalue weighted by atomic mass is 16.2. The van der Waals surface area contributed by atoms with E-state index in [0.717, 1.165) is 30.5 Å². The maximum Gasteiger partial charge on any atom is 0.319 e. The van der Waals surface area contributed by atoms with Crippen molar-refractivity contribution in [2.45, 2.75) is 33.1 Å². The Morgan fingerprint density at radius 2 is 1.68 bits per heavy atom. The Kier molecular flexibility index (Phi) is 5.39. The summed E-state index contributed by atoms with van der Waals surface area (Å²) in [5, 5.41) is 7.23. The molecule has 3 rings (SSSR count). The standard InChI is InChI=1S/C21H25N3O/c1-3-15-8-7-9-16(4-2)20(15)24-21(25)22-13-12-17-14-23-19-11-6-5-10-18(17)19/h5-11,14,23H,3-4,12-13H2,1-2H3,(H2,22,24,25). The molecule has 3 aromatic rings. The molecule has 0 radical (unpaired) electrons. The van der Waals surface area contributed by atoms with E-state index >= 15 is 0 Å². The SMILES string of the molecule is CCc1cccc(CC)c1NC(=O)NCCc1c[nH]c2ccccc12. The van der Waals surface area contributed by atoms with Gasteiger partial charge in [0.25, 0.3) is 0 Å². The summed E-state index contributed by atoms with van der Waals surface area (Å²) in [6, 6.07) is 14.3. The number of benzene rings is 2. The van der Waals surface area contributed by atoms with Crippen molar-refractivity contribution in [2.75, 3.05) is 11.9 Å². The summed E-state index contributed by atoms with van der Waals surface area (Å²) in [6.45, 7) is 4.81. The van der Waals surface area contributed by atoms with Crippen LogP contribution in [0, 0.1) is 0 Å². The lowest BCUT2D eigenvalue weighted by atomic mass is 10.0. The molecule has 0 saturated heterocycles. The van der Waals surface area contributed by atoms with Gasteiger partial charge in [-0.1, -0.05) is 50.2 Å². The maximum atomic E-state index is 12.3. The molecule has 1 aromatic heterocycles. The Balaban J connectivity index is 1.60. The van der Waals surface area contributed by atoms with Crippen molar-refractivity contribution in [3.05, 3.63) is 65.4 Å². The summed E-state index contributed by atoms with van der Waals surface area (Å²) in [5.74, 6) is 0. The lowest BCUT2D eigenvalue weighted by molar-refractivity contribution is 0.252. The highest BCUT2D eigenvalue weighted by Crippen LogP contribution is 2.22. The molecule has 0 aliphatic rings. The van der Waals surface area contributed by atoms with Gasteiger partial charge in [-0.05, 0) is 42.0 Å². The van der Waals surface area contributed by atoms with Crippen LogP contribution in [-0.4, -0.2) is 17.6 Å². The number of H-pyrrole nitrogens is 1. The topological polar surface area (TPSA) is 56.9 Å². The number of fused-ring (bicyclic) bond motifs is 1. The fraction of sp³-hybridized carbons (Fsp3) is 0.286. The number of urea groups is 1. The van der Waals surface area contributed by atoms with E-state index in [-0.39, 0.29) is 6.03 Å². The number of carbonyl (C=O) groups excluding carboxylic acids is 1. The van der Waals surface area contributed by atoms with E-state index in [2.05, 4.69) is 59.8 Å². The Hall–Kier alpha value is -2.75. The van der Waals surface area contributed by atoms with E-state index < -0.39 is 0 Å². The molecule has 4 nitrogen and oxygen atoms in total. The molecule has 0 fully saturated rings. The van der Waals surface area contributed by atoms with Crippen LogP contribution in [-0.2, 0) is 19.3 Å². The molecule has 1 heterocycles. The van der Waals surface area contributed by atoms with Crippen LogP contribution in [0.5, 0.6) is 0 Å². The second-order valence-electron chi connectivity index (χ2n) is 6.15. The van der Waals surface area contributed by atoms with Crippen molar-refractivity contribution in [3.63, 3.8) is 0 Å². The molecule has 0 aliphatic carbocycles. The maximum absolute atomic E-state index is 12.3. The molecule has 0 unspecified atom stereocenters. The van der Waals surface area contributed by atoms with Crippen LogP contribution >= 0.6 is 0 Å². The van der Waals surface area contributed by atoms with Gasteiger partial charge in [-0.25, -0.2) is 4.79 Å². The van der Waals surface area contributed by atoms with Gasteiger partial charge in [-0.3, -0.25) is 0 Å². The average Bonchev–Trinajstić information content (AvgIpc) is 3.05. The Morgan fingerprint density at radius 3 is 2.40 bits per heavy atom. The summed E-state index contributed by atoms with van der Waals surface area (Å²) < 4.78 is 0. The highest BCUT2D eigenvalue weighted by Gasteiger charge is 2.10. The quantitative estimate of drug-likeness (QED) is 0.603. The molecule has 0 spiro atoms. The minimum atomic E-state index is -0.143. The number of aromatic amines is 1. The molecule has 2 aromatic carbocycles. The van der Waals surface area contributed by atoms with E-state index in [0.29, 0.717) is 6.54 Å². The van der Waals surface area contributed by atoms with E-state index in [9.17, 15) is 4.79 Å². The number of para-hydroxylation sites is 2. The van der Waals surface area contributed by atoms with Crippen molar-refractivity contribution >= 4 is 22.6 Å². The second-order valence-corrected chi connectivity index (χ2v) is 6.15. The fourth-order valence-electron chi connectivity index (χ4n) is 3.21. The van der Waals surface area contributed by atoms with E-state index in [4.69, 9.17) is 0 Å². The van der Waals surface area contributed by atoms with Crippen LogP contribution in [0.4, 0.5) is 10.5 Å². The van der Waals surface area contributed by atoms with Gasteiger partial charge in [0.15, 0.2) is 0 Å². The molecule has 2 amide bonds. The molecule has 0 bridgehead atoms. The predicted octanol–water partition coefficient (Wildman–Crippen LogP) is 4.66. The molecule has 4 heteroatoms. The first kappa shape index (κ1) is 17.1. The van der Waals surface area contributed by atoms with Crippen molar-refractivity contribution in [3.8, 4) is 0 Å². The van der Waals surface area contributed by atoms with Gasteiger partial charge in [0, 0.05) is 29.3 Å². The van der Waals surface area contributed by atoms with Crippen LogP contribution in [0.1, 0.15) is 30.5 Å². The zero-order valence-electron chi connectivity index (χ0n) is 14.9. The zero-order chi connectivity index (χ0) is 17.6. The first-order valence-electron chi connectivity index (χ1n) is 8.93. The zero-order valence-corrected chi connectivity index (χ0v) is 14.9. The van der Waals surface area contributed by atoms with Crippen molar-refractivity contribution in [1.82, 2.24) is 10.3 Å². The van der Waals surface area contributed by atoms with E-state index in [1.54, 1.807) is 0 Å². The number of anilines is 1. The van der Waals surface area contributed by atoms with Gasteiger partial charge in [0.1, 0.15) is 0 Å². The smallest absolute Gasteiger partial charge is 0.319 e. The minimum Gasteiger partial charge on any atom is -0.361 e. The highest BCUT2D eigenvalue weighted by molar-refractivity contribution is 5.91. The fourth-order valence-corrected chi connectivity index (χ4v) is 3.21. The van der Waals surface area contributed by atoms with Crippen LogP contribution in [0.3, 0.4) is 0 Å². The second kappa shape index (κ2) is 7.88. The summed E-state index contributed by atoms with van der Waals surface area (Å²) in [7, 11) is 0. The monoisotopic (exact) mass is 335 g/mol. The lowest BCUT2D eigenvalue weighted by Crippen LogP contribution is -2.31. The van der Waals surface area contributed by atoms with Crippen molar-refractivity contribution in [2.24, 2.45) is 0 Å². The normalized spacial score (nSPS) is 10.8. The summed E-state index contributed by atoms with van der Waals surface area (Å²) >= 11 is 0. The van der Waals surface area contributed by atoms with Gasteiger partial charge in [0.2, 0.25) is 0 Å². The predicted molar refractivity (Wildman–Crippen MR) is 104 cm³/mol. The van der Waals surface area contributed by atoms with Crippen molar-refractivity contribution in [1.29, 1.82) is 0 Å². The number of aryl methyl sites for hydroxylation is 2. The summed E-state index contributed by atoms with van der Waals surface area (Å²) in [6.07, 6.45) is 4.62. The van der Waals surface area contributed by atoms with Gasteiger partial charge in [-0.2, -0.15) is 0 Å². The number of amides is 2. The first-order chi connectivity index (χ1) is 12.2. The molecule has 0 atom stereocenters. The van der Waals surface area contributed by atoms with Crippen LogP contribution in [0.25, 0.3) is 10.9 Å². The minimum absolute atomic E-state index is 0.143. The van der Waals surface area contributed by atoms with Crippen LogP contribution in [0.2, 0.25) is 0 Å². The number of rotatable bonds is 6. The lowest BCUT2D eigenvalue weighted by Gasteiger charge is -2.15. The molecular weight excluding hydrogens is 310 g/mol. The number of carbonyl (C=O) groups is 1. The Labute approximate surface area is 148 Å². The number of hydrogen-bond acceptors (Lipinski definition) is 1. The third-order valence-corrected chi connectivity index (χ3v) is 4.59. The molecule has 130 valence electrons. The number of nitrogens with one attached hydrogen (secondary N) is 3. The molecular formula is C21H25N3O. The summed E-state index contributed by atoms with van der Waals surface area (Å²) in [5.41, 5.74) is 5.65. The first-order valence-corrected chi connectivity index (χ1v) is 8.93.